The number of carbonyl (C=O) groups excluding carboxylic acids is 2. The fraction of sp³-hybridized carbons (Fsp3) is 0.316. The maximum Gasteiger partial charge on any atom is 0.422 e. The summed E-state index contributed by atoms with van der Waals surface area (Å²) in [7, 11) is 0. The Bertz CT molecular complexity index is 828. The largest absolute Gasteiger partial charge is 0.483 e. The zero-order chi connectivity index (χ0) is 21.3. The van der Waals surface area contributed by atoms with Gasteiger partial charge in [-0.05, 0) is 37.3 Å². The number of ether oxygens (including phenoxy) is 3. The number of hydrogen-bond donors (Lipinski definition) is 1. The van der Waals surface area contributed by atoms with Gasteiger partial charge in [-0.1, -0.05) is 6.07 Å². The highest BCUT2D eigenvalue weighted by Gasteiger charge is 2.29. The third-order valence-electron chi connectivity index (χ3n) is 3.41. The predicted molar refractivity (Wildman–Crippen MR) is 95.5 cm³/mol. The molecule has 1 aromatic heterocycles. The topological polar surface area (TPSA) is 86.8 Å². The molecule has 0 bridgehead atoms. The van der Waals surface area contributed by atoms with Gasteiger partial charge in [0.25, 0.3) is 5.91 Å². The Morgan fingerprint density at radius 1 is 1.14 bits per heavy atom. The highest BCUT2D eigenvalue weighted by molar-refractivity contribution is 5.97. The number of pyridine rings is 1. The second kappa shape index (κ2) is 10.3. The minimum Gasteiger partial charge on any atom is -0.483 e. The second-order valence-corrected chi connectivity index (χ2v) is 5.66. The number of halogens is 3. The Labute approximate surface area is 164 Å². The summed E-state index contributed by atoms with van der Waals surface area (Å²) >= 11 is 0. The molecule has 1 N–H and O–H groups in total. The van der Waals surface area contributed by atoms with Crippen LogP contribution in [-0.2, 0) is 16.1 Å². The SMILES string of the molecule is CCOC(=O)COc1ccc(OCC(F)(F)F)c(C(=O)NCc2ccccn2)c1. The van der Waals surface area contributed by atoms with E-state index in [1.165, 1.54) is 18.2 Å². The Hall–Kier alpha value is -3.30. The molecule has 0 aliphatic rings. The molecule has 0 saturated heterocycles. The van der Waals surface area contributed by atoms with Crippen molar-refractivity contribution in [3.05, 3.63) is 53.9 Å². The first-order valence-corrected chi connectivity index (χ1v) is 8.58. The molecule has 156 valence electrons. The maximum atomic E-state index is 12.5. The van der Waals surface area contributed by atoms with Crippen LogP contribution in [0, 0.1) is 0 Å². The van der Waals surface area contributed by atoms with E-state index >= 15 is 0 Å². The van der Waals surface area contributed by atoms with Gasteiger partial charge in [-0.3, -0.25) is 9.78 Å². The minimum atomic E-state index is -4.57. The maximum absolute atomic E-state index is 12.5. The molecule has 7 nitrogen and oxygen atoms in total. The summed E-state index contributed by atoms with van der Waals surface area (Å²) in [6.45, 7) is -0.100. The van der Waals surface area contributed by atoms with Crippen LogP contribution in [-0.4, -0.2) is 42.9 Å². The number of rotatable bonds is 9. The lowest BCUT2D eigenvalue weighted by atomic mass is 10.1. The van der Waals surface area contributed by atoms with Crippen molar-refractivity contribution in [1.82, 2.24) is 10.3 Å². The summed E-state index contributed by atoms with van der Waals surface area (Å²) in [4.78, 5) is 27.9. The van der Waals surface area contributed by atoms with Crippen LogP contribution in [0.5, 0.6) is 11.5 Å². The first-order chi connectivity index (χ1) is 13.8. The molecule has 0 saturated carbocycles. The summed E-state index contributed by atoms with van der Waals surface area (Å²) in [5.74, 6) is -1.48. The summed E-state index contributed by atoms with van der Waals surface area (Å²) in [5, 5.41) is 2.56. The van der Waals surface area contributed by atoms with Gasteiger partial charge in [0.15, 0.2) is 13.2 Å². The number of nitrogens with zero attached hydrogens (tertiary/aromatic N) is 1. The molecule has 29 heavy (non-hydrogen) atoms. The number of amides is 1. The number of carbonyl (C=O) groups is 2. The van der Waals surface area contributed by atoms with E-state index in [1.807, 2.05) is 0 Å². The van der Waals surface area contributed by atoms with Crippen LogP contribution in [0.2, 0.25) is 0 Å². The molecule has 1 aromatic carbocycles. The van der Waals surface area contributed by atoms with Crippen molar-refractivity contribution in [3.63, 3.8) is 0 Å². The van der Waals surface area contributed by atoms with Gasteiger partial charge in [-0.2, -0.15) is 13.2 Å². The van der Waals surface area contributed by atoms with Crippen LogP contribution in [0.3, 0.4) is 0 Å². The highest BCUT2D eigenvalue weighted by Crippen LogP contribution is 2.26. The second-order valence-electron chi connectivity index (χ2n) is 5.66. The molecule has 0 atom stereocenters. The molecule has 2 rings (SSSR count). The van der Waals surface area contributed by atoms with Crippen molar-refractivity contribution >= 4 is 11.9 Å². The van der Waals surface area contributed by atoms with Gasteiger partial charge < -0.3 is 19.5 Å². The molecule has 0 unspecified atom stereocenters. The average molecular weight is 412 g/mol. The number of aromatic nitrogens is 1. The van der Waals surface area contributed by atoms with Crippen LogP contribution < -0.4 is 14.8 Å². The van der Waals surface area contributed by atoms with Crippen molar-refractivity contribution in [2.75, 3.05) is 19.8 Å². The number of hydrogen-bond acceptors (Lipinski definition) is 6. The lowest BCUT2D eigenvalue weighted by Gasteiger charge is -2.15. The molecule has 1 amide bonds. The zero-order valence-corrected chi connectivity index (χ0v) is 15.5. The van der Waals surface area contributed by atoms with Crippen LogP contribution in [0.1, 0.15) is 23.0 Å². The van der Waals surface area contributed by atoms with Gasteiger partial charge in [0, 0.05) is 6.20 Å². The standard InChI is InChI=1S/C19H19F3N2O5/c1-2-27-17(25)11-28-14-6-7-16(29-12-19(20,21)22)15(9-14)18(26)24-10-13-5-3-4-8-23-13/h3-9H,2,10-12H2,1H3,(H,24,26). The lowest BCUT2D eigenvalue weighted by Crippen LogP contribution is -2.25. The zero-order valence-electron chi connectivity index (χ0n) is 15.5. The molecule has 10 heteroatoms. The molecule has 0 fully saturated rings. The molecule has 0 radical (unpaired) electrons. The van der Waals surface area contributed by atoms with Gasteiger partial charge >= 0.3 is 12.1 Å². The number of nitrogens with one attached hydrogen (secondary N) is 1. The lowest BCUT2D eigenvalue weighted by molar-refractivity contribution is -0.153. The molecular weight excluding hydrogens is 393 g/mol. The summed E-state index contributed by atoms with van der Waals surface area (Å²) in [6.07, 6.45) is -3.02. The molecule has 2 aromatic rings. The third-order valence-corrected chi connectivity index (χ3v) is 3.41. The summed E-state index contributed by atoms with van der Waals surface area (Å²) in [6, 6.07) is 8.77. The van der Waals surface area contributed by atoms with E-state index in [4.69, 9.17) is 14.2 Å². The normalized spacial score (nSPS) is 10.9. The van der Waals surface area contributed by atoms with E-state index in [0.29, 0.717) is 5.69 Å². The van der Waals surface area contributed by atoms with Gasteiger partial charge in [0.1, 0.15) is 11.5 Å². The van der Waals surface area contributed by atoms with Crippen LogP contribution in [0.25, 0.3) is 0 Å². The first kappa shape index (κ1) is 22.0. The van der Waals surface area contributed by atoms with Gasteiger partial charge in [0.2, 0.25) is 0 Å². The Balaban J connectivity index is 2.15. The number of alkyl halides is 3. The van der Waals surface area contributed by atoms with Crippen molar-refractivity contribution < 1.29 is 37.0 Å². The summed E-state index contributed by atoms with van der Waals surface area (Å²) < 4.78 is 52.2. The highest BCUT2D eigenvalue weighted by atomic mass is 19.4. The van der Waals surface area contributed by atoms with Gasteiger partial charge in [-0.25, -0.2) is 4.79 Å². The van der Waals surface area contributed by atoms with E-state index in [2.05, 4.69) is 10.3 Å². The fourth-order valence-corrected chi connectivity index (χ4v) is 2.18. The molecular formula is C19H19F3N2O5. The van der Waals surface area contributed by atoms with Crippen LogP contribution >= 0.6 is 0 Å². The van der Waals surface area contributed by atoms with E-state index < -0.39 is 31.3 Å². The van der Waals surface area contributed by atoms with Crippen molar-refractivity contribution in [2.24, 2.45) is 0 Å². The van der Waals surface area contributed by atoms with E-state index in [-0.39, 0.29) is 30.2 Å². The smallest absolute Gasteiger partial charge is 0.422 e. The predicted octanol–water partition coefficient (Wildman–Crippen LogP) is 2.89. The van der Waals surface area contributed by atoms with E-state index in [9.17, 15) is 22.8 Å². The van der Waals surface area contributed by atoms with Crippen molar-refractivity contribution in [2.45, 2.75) is 19.6 Å². The monoisotopic (exact) mass is 412 g/mol. The Kier molecular flexibility index (Phi) is 7.81. The van der Waals surface area contributed by atoms with Crippen LogP contribution in [0.15, 0.2) is 42.6 Å². The Morgan fingerprint density at radius 2 is 1.93 bits per heavy atom. The molecule has 0 aliphatic heterocycles. The Morgan fingerprint density at radius 3 is 2.59 bits per heavy atom. The average Bonchev–Trinajstić information content (AvgIpc) is 2.69. The number of esters is 1. The van der Waals surface area contributed by atoms with E-state index in [0.717, 1.165) is 0 Å². The van der Waals surface area contributed by atoms with Gasteiger partial charge in [0.05, 0.1) is 24.4 Å². The minimum absolute atomic E-state index is 0.0618. The molecule has 0 aliphatic carbocycles. The summed E-state index contributed by atoms with van der Waals surface area (Å²) in [5.41, 5.74) is 0.389. The number of benzene rings is 1. The van der Waals surface area contributed by atoms with E-state index in [1.54, 1.807) is 31.3 Å². The fourth-order valence-electron chi connectivity index (χ4n) is 2.18. The molecule has 0 spiro atoms. The van der Waals surface area contributed by atoms with Crippen molar-refractivity contribution in [1.29, 1.82) is 0 Å². The van der Waals surface area contributed by atoms with Crippen LogP contribution in [0.4, 0.5) is 13.2 Å². The quantitative estimate of drug-likeness (QED) is 0.638. The molecule has 1 heterocycles. The third kappa shape index (κ3) is 7.68. The van der Waals surface area contributed by atoms with Gasteiger partial charge in [-0.15, -0.1) is 0 Å². The van der Waals surface area contributed by atoms with Crippen molar-refractivity contribution in [3.8, 4) is 11.5 Å². The first-order valence-electron chi connectivity index (χ1n) is 8.58.